The molecule has 0 saturated heterocycles. The van der Waals surface area contributed by atoms with E-state index in [9.17, 15) is 22.4 Å². The van der Waals surface area contributed by atoms with Gasteiger partial charge in [-0.25, -0.2) is 17.2 Å². The van der Waals surface area contributed by atoms with Crippen LogP contribution in [0.3, 0.4) is 0 Å². The molecule has 3 aromatic rings. The van der Waals surface area contributed by atoms with Crippen molar-refractivity contribution in [1.82, 2.24) is 0 Å². The maximum atomic E-state index is 15.1. The highest BCUT2D eigenvalue weighted by Gasteiger charge is 2.26. The molecule has 0 aliphatic rings. The van der Waals surface area contributed by atoms with E-state index >= 15 is 4.39 Å². The molecule has 0 heterocycles. The molecule has 3 rings (SSSR count). The van der Waals surface area contributed by atoms with Crippen molar-refractivity contribution in [2.45, 2.75) is 18.4 Å². The number of ether oxygens (including phenoxy) is 1. The highest BCUT2D eigenvalue weighted by atomic mass is 32.2. The molecule has 0 spiro atoms. The highest BCUT2D eigenvalue weighted by Crippen LogP contribution is 2.32. The molecule has 34 heavy (non-hydrogen) atoms. The van der Waals surface area contributed by atoms with E-state index in [1.807, 2.05) is 0 Å². The molecule has 0 atom stereocenters. The van der Waals surface area contributed by atoms with Crippen LogP contribution in [-0.2, 0) is 16.4 Å². The summed E-state index contributed by atoms with van der Waals surface area (Å²) in [6.45, 7) is 0.849. The van der Waals surface area contributed by atoms with Crippen LogP contribution in [0.1, 0.15) is 38.8 Å². The van der Waals surface area contributed by atoms with Gasteiger partial charge in [0.1, 0.15) is 6.61 Å². The van der Waals surface area contributed by atoms with Crippen LogP contribution < -0.4 is 10.1 Å². The molecule has 3 aromatic carbocycles. The van der Waals surface area contributed by atoms with Gasteiger partial charge in [-0.05, 0) is 30.7 Å². The number of hydrogen-bond donors (Lipinski definition) is 1. The number of Topliss-reactive ketones (excluding diaryl/α,β-unsaturated/α-hetero) is 1. The number of hydrogen-bond acceptors (Lipinski definition) is 6. The van der Waals surface area contributed by atoms with Gasteiger partial charge in [0.05, 0.1) is 33.3 Å². The summed E-state index contributed by atoms with van der Waals surface area (Å²) in [4.78, 5) is 24.6. The molecule has 174 valence electrons. The van der Waals surface area contributed by atoms with Crippen LogP contribution in [0, 0.1) is 23.0 Å². The molecule has 0 saturated carbocycles. The third kappa shape index (κ3) is 5.27. The quantitative estimate of drug-likeness (QED) is 0.501. The van der Waals surface area contributed by atoms with Crippen LogP contribution in [-0.4, -0.2) is 26.4 Å². The normalized spacial score (nSPS) is 10.9. The number of halogens is 2. The molecule has 0 aromatic heterocycles. The van der Waals surface area contributed by atoms with E-state index in [2.05, 4.69) is 5.32 Å². The summed E-state index contributed by atoms with van der Waals surface area (Å²) < 4.78 is 59.2. The Morgan fingerprint density at radius 3 is 2.35 bits per heavy atom. The molecule has 0 fully saturated rings. The van der Waals surface area contributed by atoms with E-state index in [-0.39, 0.29) is 12.2 Å². The summed E-state index contributed by atoms with van der Waals surface area (Å²) >= 11 is 0. The van der Waals surface area contributed by atoms with Gasteiger partial charge in [0.2, 0.25) is 0 Å². The minimum absolute atomic E-state index is 0.00800. The van der Waals surface area contributed by atoms with E-state index < -0.39 is 60.6 Å². The van der Waals surface area contributed by atoms with E-state index in [0.29, 0.717) is 11.6 Å². The summed E-state index contributed by atoms with van der Waals surface area (Å²) in [5.41, 5.74) is -0.946. The zero-order valence-electron chi connectivity index (χ0n) is 18.1. The van der Waals surface area contributed by atoms with Gasteiger partial charge < -0.3 is 10.1 Å². The second-order valence-electron chi connectivity index (χ2n) is 7.30. The monoisotopic (exact) mass is 484 g/mol. The predicted octanol–water partition coefficient (Wildman–Crippen LogP) is 4.27. The highest BCUT2D eigenvalue weighted by molar-refractivity contribution is 7.90. The standard InChI is InChI=1S/C24H18F2N2O5S/c1-14(29)21-19(11-18(25)23(22(21)26)33-13-15-6-4-3-5-7-15)28-24(30)17-10-16(12-27)8-9-20(17)34(2,31)32/h3-11H,13H2,1-2H3,(H,28,30). The molecule has 10 heteroatoms. The van der Waals surface area contributed by atoms with E-state index in [1.54, 1.807) is 36.4 Å². The summed E-state index contributed by atoms with van der Waals surface area (Å²) in [5, 5.41) is 11.3. The lowest BCUT2D eigenvalue weighted by molar-refractivity contribution is 0.101. The van der Waals surface area contributed by atoms with Gasteiger partial charge in [0, 0.05) is 12.3 Å². The van der Waals surface area contributed by atoms with Crippen molar-refractivity contribution < 1.29 is 31.5 Å². The van der Waals surface area contributed by atoms with Gasteiger partial charge in [0.15, 0.2) is 33.0 Å². The molecule has 1 amide bonds. The second kappa shape index (κ2) is 9.80. The van der Waals surface area contributed by atoms with Gasteiger partial charge in [-0.3, -0.25) is 9.59 Å². The number of ketones is 1. The Balaban J connectivity index is 2.02. The van der Waals surface area contributed by atoms with Gasteiger partial charge >= 0.3 is 0 Å². The average Bonchev–Trinajstić information content (AvgIpc) is 2.78. The van der Waals surface area contributed by atoms with Crippen LogP contribution >= 0.6 is 0 Å². The fourth-order valence-corrected chi connectivity index (χ4v) is 4.06. The number of benzene rings is 3. The van der Waals surface area contributed by atoms with Gasteiger partial charge in [-0.1, -0.05) is 30.3 Å². The number of nitriles is 1. The number of sulfone groups is 1. The lowest BCUT2D eigenvalue weighted by atomic mass is 10.1. The number of rotatable bonds is 7. The summed E-state index contributed by atoms with van der Waals surface area (Å²) in [6, 6.07) is 14.4. The Kier molecular flexibility index (Phi) is 7.08. The van der Waals surface area contributed by atoms with Crippen molar-refractivity contribution in [1.29, 1.82) is 5.26 Å². The van der Waals surface area contributed by atoms with Crippen molar-refractivity contribution in [2.24, 2.45) is 0 Å². The average molecular weight is 484 g/mol. The predicted molar refractivity (Wildman–Crippen MR) is 119 cm³/mol. The topological polar surface area (TPSA) is 113 Å². The van der Waals surface area contributed by atoms with Crippen molar-refractivity contribution in [3.05, 3.63) is 88.5 Å². The molecule has 7 nitrogen and oxygen atoms in total. The van der Waals surface area contributed by atoms with Crippen molar-refractivity contribution in [2.75, 3.05) is 11.6 Å². The number of carbonyl (C=O) groups excluding carboxylic acids is 2. The Morgan fingerprint density at radius 2 is 1.76 bits per heavy atom. The molecular weight excluding hydrogens is 466 g/mol. The molecule has 0 bridgehead atoms. The molecule has 0 radical (unpaired) electrons. The molecule has 1 N–H and O–H groups in total. The first-order chi connectivity index (χ1) is 16.0. The fourth-order valence-electron chi connectivity index (χ4n) is 3.20. The number of anilines is 1. The minimum atomic E-state index is -3.88. The summed E-state index contributed by atoms with van der Waals surface area (Å²) in [5.74, 6) is -5.19. The molecule has 0 aliphatic heterocycles. The third-order valence-electron chi connectivity index (χ3n) is 4.76. The lowest BCUT2D eigenvalue weighted by Gasteiger charge is -2.16. The van der Waals surface area contributed by atoms with Crippen LogP contribution in [0.5, 0.6) is 5.75 Å². The van der Waals surface area contributed by atoms with Gasteiger partial charge in [0.25, 0.3) is 5.91 Å². The van der Waals surface area contributed by atoms with E-state index in [4.69, 9.17) is 10.00 Å². The van der Waals surface area contributed by atoms with E-state index in [0.717, 1.165) is 25.3 Å². The summed E-state index contributed by atoms with van der Waals surface area (Å²) in [6.07, 6.45) is 0.865. The first kappa shape index (κ1) is 24.5. The third-order valence-corrected chi connectivity index (χ3v) is 5.91. The van der Waals surface area contributed by atoms with Crippen LogP contribution in [0.15, 0.2) is 59.5 Å². The maximum absolute atomic E-state index is 15.1. The zero-order valence-corrected chi connectivity index (χ0v) is 18.9. The first-order valence-electron chi connectivity index (χ1n) is 9.78. The lowest BCUT2D eigenvalue weighted by Crippen LogP contribution is -2.19. The second-order valence-corrected chi connectivity index (χ2v) is 9.29. The van der Waals surface area contributed by atoms with Crippen LogP contribution in [0.25, 0.3) is 0 Å². The maximum Gasteiger partial charge on any atom is 0.257 e. The minimum Gasteiger partial charge on any atom is -0.483 e. The fraction of sp³-hybridized carbons (Fsp3) is 0.125. The van der Waals surface area contributed by atoms with Crippen LogP contribution in [0.4, 0.5) is 14.5 Å². The van der Waals surface area contributed by atoms with Crippen molar-refractivity contribution >= 4 is 27.2 Å². The van der Waals surface area contributed by atoms with Gasteiger partial charge in [-0.2, -0.15) is 5.26 Å². The number of amides is 1. The Bertz CT molecular complexity index is 1430. The zero-order chi connectivity index (χ0) is 25.0. The molecule has 0 aliphatic carbocycles. The largest absolute Gasteiger partial charge is 0.483 e. The van der Waals surface area contributed by atoms with E-state index in [1.165, 1.54) is 6.07 Å². The smallest absolute Gasteiger partial charge is 0.257 e. The SMILES string of the molecule is CC(=O)c1c(NC(=O)c2cc(C#N)ccc2S(C)(=O)=O)cc(F)c(OCc2ccccc2)c1F. The van der Waals surface area contributed by atoms with Gasteiger partial charge in [-0.15, -0.1) is 0 Å². The van der Waals surface area contributed by atoms with Crippen molar-refractivity contribution in [3.8, 4) is 11.8 Å². The number of carbonyl (C=O) groups is 2. The molecule has 0 unspecified atom stereocenters. The molecular formula is C24H18F2N2O5S. The summed E-state index contributed by atoms with van der Waals surface area (Å²) in [7, 11) is -3.88. The first-order valence-corrected chi connectivity index (χ1v) is 11.7. The van der Waals surface area contributed by atoms with Crippen LogP contribution in [0.2, 0.25) is 0 Å². The Labute approximate surface area is 194 Å². The number of nitrogens with zero attached hydrogens (tertiary/aromatic N) is 1. The van der Waals surface area contributed by atoms with Crippen molar-refractivity contribution in [3.63, 3.8) is 0 Å². The Morgan fingerprint density at radius 1 is 1.09 bits per heavy atom. The Hall–Kier alpha value is -4.10. The number of nitrogens with one attached hydrogen (secondary N) is 1.